The van der Waals surface area contributed by atoms with Gasteiger partial charge < -0.3 is 20.9 Å². The van der Waals surface area contributed by atoms with Crippen LogP contribution in [0.1, 0.15) is 19.3 Å². The Kier molecular flexibility index (Phi) is 4.15. The van der Waals surface area contributed by atoms with Crippen molar-refractivity contribution in [3.8, 4) is 0 Å². The summed E-state index contributed by atoms with van der Waals surface area (Å²) in [5, 5.41) is 4.04. The third kappa shape index (κ3) is 2.87. The zero-order valence-corrected chi connectivity index (χ0v) is 14.1. The average molecular weight is 344 g/mol. The molecule has 1 aliphatic heterocycles. The zero-order valence-electron chi connectivity index (χ0n) is 13.2. The number of nitrogens with one attached hydrogen (secondary N) is 2. The van der Waals surface area contributed by atoms with Gasteiger partial charge in [0.1, 0.15) is 17.8 Å². The lowest BCUT2D eigenvalue weighted by Crippen LogP contribution is -2.44. The lowest BCUT2D eigenvalue weighted by molar-refractivity contribution is -0.117. The molecule has 1 aliphatic carbocycles. The summed E-state index contributed by atoms with van der Waals surface area (Å²) in [4.78, 5) is 27.0. The molecule has 2 atom stereocenters. The van der Waals surface area contributed by atoms with Crippen LogP contribution in [-0.4, -0.2) is 45.2 Å². The second kappa shape index (κ2) is 6.45. The van der Waals surface area contributed by atoms with E-state index in [-0.39, 0.29) is 18.0 Å². The maximum Gasteiger partial charge on any atom is 0.259 e. The summed E-state index contributed by atoms with van der Waals surface area (Å²) < 4.78 is 0. The van der Waals surface area contributed by atoms with Crippen LogP contribution in [0.25, 0.3) is 11.0 Å². The van der Waals surface area contributed by atoms with E-state index in [4.69, 9.17) is 5.73 Å². The molecule has 2 aromatic rings. The first-order chi connectivity index (χ1) is 11.7. The Morgan fingerprint density at radius 2 is 2.33 bits per heavy atom. The van der Waals surface area contributed by atoms with E-state index in [0.717, 1.165) is 48.4 Å². The fourth-order valence-corrected chi connectivity index (χ4v) is 4.18. The van der Waals surface area contributed by atoms with E-state index in [1.807, 2.05) is 23.4 Å². The number of aromatic amines is 1. The SMILES string of the molecule is N[C@H]1CCC[C@@H]1NC(=O)C1=CN(c2ncnc3[nH]ccc23)CCS1. The second-order valence-electron chi connectivity index (χ2n) is 6.15. The molecule has 0 unspecified atom stereocenters. The molecule has 0 saturated heterocycles. The van der Waals surface area contributed by atoms with Crippen molar-refractivity contribution in [2.24, 2.45) is 5.73 Å². The van der Waals surface area contributed by atoms with Gasteiger partial charge in [-0.15, -0.1) is 11.8 Å². The number of carbonyl (C=O) groups is 1. The topological polar surface area (TPSA) is 99.9 Å². The van der Waals surface area contributed by atoms with Gasteiger partial charge in [0.25, 0.3) is 5.91 Å². The molecule has 0 bridgehead atoms. The number of aromatic nitrogens is 3. The van der Waals surface area contributed by atoms with Crippen molar-refractivity contribution in [2.75, 3.05) is 17.2 Å². The maximum atomic E-state index is 12.6. The highest BCUT2D eigenvalue weighted by Gasteiger charge is 2.28. The Morgan fingerprint density at radius 1 is 1.42 bits per heavy atom. The van der Waals surface area contributed by atoms with Crippen molar-refractivity contribution in [3.63, 3.8) is 0 Å². The van der Waals surface area contributed by atoms with Crippen LogP contribution < -0.4 is 16.0 Å². The Hall–Kier alpha value is -2.06. The molecule has 4 N–H and O–H groups in total. The van der Waals surface area contributed by atoms with Gasteiger partial charge in [-0.1, -0.05) is 0 Å². The van der Waals surface area contributed by atoms with E-state index < -0.39 is 0 Å². The molecule has 0 aromatic carbocycles. The fourth-order valence-electron chi connectivity index (χ4n) is 3.28. The fraction of sp³-hybridized carbons (Fsp3) is 0.438. The van der Waals surface area contributed by atoms with Crippen LogP contribution >= 0.6 is 11.8 Å². The maximum absolute atomic E-state index is 12.6. The highest BCUT2D eigenvalue weighted by molar-refractivity contribution is 8.04. The van der Waals surface area contributed by atoms with Crippen LogP contribution in [0.3, 0.4) is 0 Å². The number of H-pyrrole nitrogens is 1. The molecule has 2 aromatic heterocycles. The van der Waals surface area contributed by atoms with E-state index in [9.17, 15) is 4.79 Å². The molecule has 4 rings (SSSR count). The normalized spacial score (nSPS) is 24.2. The van der Waals surface area contributed by atoms with Gasteiger partial charge >= 0.3 is 0 Å². The number of anilines is 1. The van der Waals surface area contributed by atoms with Gasteiger partial charge in [0.05, 0.1) is 10.3 Å². The molecule has 126 valence electrons. The Balaban J connectivity index is 1.56. The number of hydrogen-bond acceptors (Lipinski definition) is 6. The quantitative estimate of drug-likeness (QED) is 0.777. The monoisotopic (exact) mass is 344 g/mol. The molecular formula is C16H20N6OS. The first kappa shape index (κ1) is 15.5. The van der Waals surface area contributed by atoms with Crippen LogP contribution in [0.15, 0.2) is 29.7 Å². The number of nitrogens with zero attached hydrogens (tertiary/aromatic N) is 3. The van der Waals surface area contributed by atoms with Gasteiger partial charge in [-0.3, -0.25) is 4.79 Å². The van der Waals surface area contributed by atoms with Crippen LogP contribution in [0.2, 0.25) is 0 Å². The summed E-state index contributed by atoms with van der Waals surface area (Å²) in [6.45, 7) is 0.807. The van der Waals surface area contributed by atoms with Crippen molar-refractivity contribution >= 4 is 34.5 Å². The van der Waals surface area contributed by atoms with Gasteiger partial charge in [-0.2, -0.15) is 0 Å². The zero-order chi connectivity index (χ0) is 16.5. The predicted octanol–water partition coefficient (Wildman–Crippen LogP) is 1.35. The number of fused-ring (bicyclic) bond motifs is 1. The minimum absolute atomic E-state index is 0.0357. The van der Waals surface area contributed by atoms with E-state index in [1.54, 1.807) is 18.1 Å². The second-order valence-corrected chi connectivity index (χ2v) is 7.28. The van der Waals surface area contributed by atoms with Gasteiger partial charge in [0.2, 0.25) is 0 Å². The molecule has 0 spiro atoms. The minimum Gasteiger partial charge on any atom is -0.347 e. The van der Waals surface area contributed by atoms with Crippen LogP contribution in [0.4, 0.5) is 5.82 Å². The summed E-state index contributed by atoms with van der Waals surface area (Å²) in [6.07, 6.45) is 8.30. The minimum atomic E-state index is -0.0357. The number of thioether (sulfide) groups is 1. The number of nitrogens with two attached hydrogens (primary N) is 1. The van der Waals surface area contributed by atoms with Crippen LogP contribution in [-0.2, 0) is 4.79 Å². The molecule has 0 radical (unpaired) electrons. The standard InChI is InChI=1S/C16H20N6OS/c17-11-2-1-3-12(11)21-16(23)13-8-22(6-7-24-13)15-10-4-5-18-14(10)19-9-20-15/h4-5,8-9,11-12H,1-3,6-7,17H2,(H,21,23)(H,18,19,20)/t11-,12-/m0/s1. The van der Waals surface area contributed by atoms with Crippen LogP contribution in [0.5, 0.6) is 0 Å². The Labute approximate surface area is 144 Å². The molecule has 1 fully saturated rings. The molecule has 2 aliphatic rings. The van der Waals surface area contributed by atoms with Gasteiger partial charge in [0.15, 0.2) is 0 Å². The Bertz CT molecular complexity index is 788. The summed E-state index contributed by atoms with van der Waals surface area (Å²) in [6, 6.07) is 2.11. The van der Waals surface area contributed by atoms with Crippen molar-refractivity contribution in [2.45, 2.75) is 31.3 Å². The van der Waals surface area contributed by atoms with Crippen molar-refractivity contribution in [3.05, 3.63) is 29.7 Å². The number of carbonyl (C=O) groups excluding carboxylic acids is 1. The largest absolute Gasteiger partial charge is 0.347 e. The van der Waals surface area contributed by atoms with Gasteiger partial charge in [-0.05, 0) is 25.3 Å². The predicted molar refractivity (Wildman–Crippen MR) is 95.5 cm³/mol. The van der Waals surface area contributed by atoms with Crippen molar-refractivity contribution in [1.82, 2.24) is 20.3 Å². The lowest BCUT2D eigenvalue weighted by atomic mass is 10.2. The van der Waals surface area contributed by atoms with Gasteiger partial charge in [0, 0.05) is 36.8 Å². The molecule has 3 heterocycles. The van der Waals surface area contributed by atoms with Crippen molar-refractivity contribution in [1.29, 1.82) is 0 Å². The summed E-state index contributed by atoms with van der Waals surface area (Å²) in [7, 11) is 0. The summed E-state index contributed by atoms with van der Waals surface area (Å²) >= 11 is 1.58. The average Bonchev–Trinajstić information content (AvgIpc) is 3.24. The highest BCUT2D eigenvalue weighted by Crippen LogP contribution is 2.29. The molecule has 8 heteroatoms. The van der Waals surface area contributed by atoms with E-state index >= 15 is 0 Å². The third-order valence-electron chi connectivity index (χ3n) is 4.58. The number of amides is 1. The number of hydrogen-bond donors (Lipinski definition) is 3. The van der Waals surface area contributed by atoms with Crippen LogP contribution in [0, 0.1) is 0 Å². The van der Waals surface area contributed by atoms with E-state index in [0.29, 0.717) is 4.91 Å². The highest BCUT2D eigenvalue weighted by atomic mass is 32.2. The molecular weight excluding hydrogens is 324 g/mol. The first-order valence-electron chi connectivity index (χ1n) is 8.18. The Morgan fingerprint density at radius 3 is 3.17 bits per heavy atom. The van der Waals surface area contributed by atoms with Crippen molar-refractivity contribution < 1.29 is 4.79 Å². The smallest absolute Gasteiger partial charge is 0.259 e. The molecule has 1 amide bonds. The third-order valence-corrected chi connectivity index (χ3v) is 5.57. The lowest BCUT2D eigenvalue weighted by Gasteiger charge is -2.26. The summed E-state index contributed by atoms with van der Waals surface area (Å²) in [5.74, 6) is 1.63. The summed E-state index contributed by atoms with van der Waals surface area (Å²) in [5.41, 5.74) is 6.85. The van der Waals surface area contributed by atoms with E-state index in [2.05, 4.69) is 20.3 Å². The van der Waals surface area contributed by atoms with E-state index in [1.165, 1.54) is 0 Å². The number of rotatable bonds is 3. The van der Waals surface area contributed by atoms with Gasteiger partial charge in [-0.25, -0.2) is 9.97 Å². The molecule has 1 saturated carbocycles. The first-order valence-corrected chi connectivity index (χ1v) is 9.17. The molecule has 7 nitrogen and oxygen atoms in total. The molecule has 24 heavy (non-hydrogen) atoms.